The molecular formula is C25H30N8O2. The third-order valence-electron chi connectivity index (χ3n) is 6.89. The number of nitrogens with zero attached hydrogens (tertiary/aromatic N) is 5. The molecule has 1 amide bonds. The maximum absolute atomic E-state index is 12.8. The number of nitrogens with one attached hydrogen (secondary N) is 3. The van der Waals surface area contributed by atoms with Gasteiger partial charge in [0.05, 0.1) is 18.7 Å². The highest BCUT2D eigenvalue weighted by Gasteiger charge is 2.40. The van der Waals surface area contributed by atoms with Crippen LogP contribution in [0, 0.1) is 18.3 Å². The Bertz CT molecular complexity index is 1250. The lowest BCUT2D eigenvalue weighted by Gasteiger charge is -2.49. The fraction of sp³-hybridized carbons (Fsp3) is 0.480. The summed E-state index contributed by atoms with van der Waals surface area (Å²) in [6.45, 7) is 1.94. The smallest absolute Gasteiger partial charge is 0.224 e. The van der Waals surface area contributed by atoms with E-state index in [1.54, 1.807) is 7.11 Å². The molecule has 2 fully saturated rings. The minimum absolute atomic E-state index is 0.111. The second-order valence-electron chi connectivity index (χ2n) is 9.35. The zero-order chi connectivity index (χ0) is 24.4. The molecule has 0 aliphatic carbocycles. The maximum Gasteiger partial charge on any atom is 0.224 e. The normalized spacial score (nSPS) is 21.4. The van der Waals surface area contributed by atoms with Gasteiger partial charge in [-0.3, -0.25) is 9.89 Å². The Kier molecular flexibility index (Phi) is 6.40. The van der Waals surface area contributed by atoms with Gasteiger partial charge in [-0.1, -0.05) is 0 Å². The number of rotatable bonds is 7. The molecule has 3 N–H and O–H groups in total. The van der Waals surface area contributed by atoms with E-state index in [-0.39, 0.29) is 30.5 Å². The Balaban J connectivity index is 1.41. The fourth-order valence-electron chi connectivity index (χ4n) is 5.40. The van der Waals surface area contributed by atoms with Crippen LogP contribution in [-0.4, -0.2) is 56.2 Å². The number of piperidine rings is 2. The number of methoxy groups -OCH3 is 1. The third kappa shape index (κ3) is 4.85. The van der Waals surface area contributed by atoms with Crippen LogP contribution in [0.4, 0.5) is 17.5 Å². The largest absolute Gasteiger partial charge is 0.481 e. The third-order valence-corrected chi connectivity index (χ3v) is 6.89. The van der Waals surface area contributed by atoms with E-state index in [2.05, 4.69) is 36.8 Å². The Morgan fingerprint density at radius 2 is 2.03 bits per heavy atom. The highest BCUT2D eigenvalue weighted by molar-refractivity contribution is 5.92. The van der Waals surface area contributed by atoms with Crippen LogP contribution in [0.2, 0.25) is 0 Å². The Hall–Kier alpha value is -3.87. The van der Waals surface area contributed by atoms with Crippen LogP contribution in [0.1, 0.15) is 50.6 Å². The fourth-order valence-corrected chi connectivity index (χ4v) is 5.40. The van der Waals surface area contributed by atoms with E-state index < -0.39 is 0 Å². The molecule has 10 heteroatoms. The first-order chi connectivity index (χ1) is 17.0. The molecule has 0 aromatic carbocycles. The highest BCUT2D eigenvalue weighted by Crippen LogP contribution is 2.37. The number of H-pyrrole nitrogens is 1. The summed E-state index contributed by atoms with van der Waals surface area (Å²) in [5.41, 5.74) is 1.72. The van der Waals surface area contributed by atoms with E-state index in [1.807, 2.05) is 31.2 Å². The van der Waals surface area contributed by atoms with Crippen molar-refractivity contribution < 1.29 is 9.53 Å². The van der Waals surface area contributed by atoms with Gasteiger partial charge in [0.1, 0.15) is 11.6 Å². The van der Waals surface area contributed by atoms with Gasteiger partial charge in [0.15, 0.2) is 5.82 Å². The van der Waals surface area contributed by atoms with Crippen LogP contribution in [0.25, 0.3) is 10.9 Å². The average Bonchev–Trinajstić information content (AvgIpc) is 3.25. The van der Waals surface area contributed by atoms with Gasteiger partial charge in [-0.15, -0.1) is 0 Å². The van der Waals surface area contributed by atoms with Crippen LogP contribution in [-0.2, 0) is 4.79 Å². The van der Waals surface area contributed by atoms with Gasteiger partial charge >= 0.3 is 0 Å². The van der Waals surface area contributed by atoms with E-state index in [9.17, 15) is 4.79 Å². The van der Waals surface area contributed by atoms with E-state index in [1.165, 1.54) is 0 Å². The molecule has 3 aromatic rings. The summed E-state index contributed by atoms with van der Waals surface area (Å²) in [6.07, 6.45) is 5.44. The highest BCUT2D eigenvalue weighted by atomic mass is 16.5. The number of carbonyl (C=O) groups excluding carboxylic acids is 1. The number of pyridine rings is 2. The number of carbonyl (C=O) groups is 1. The van der Waals surface area contributed by atoms with Gasteiger partial charge < -0.3 is 20.3 Å². The van der Waals surface area contributed by atoms with Gasteiger partial charge in [-0.2, -0.15) is 10.4 Å². The number of ether oxygens (including phenoxy) is 1. The van der Waals surface area contributed by atoms with Crippen molar-refractivity contribution in [2.24, 2.45) is 0 Å². The number of aryl methyl sites for hydroxylation is 1. The van der Waals surface area contributed by atoms with Crippen molar-refractivity contribution in [3.63, 3.8) is 0 Å². The van der Waals surface area contributed by atoms with Gasteiger partial charge in [-0.05, 0) is 45.1 Å². The molecule has 35 heavy (non-hydrogen) atoms. The van der Waals surface area contributed by atoms with Crippen molar-refractivity contribution in [2.45, 2.75) is 70.0 Å². The van der Waals surface area contributed by atoms with Crippen molar-refractivity contribution in [2.75, 3.05) is 17.7 Å². The van der Waals surface area contributed by atoms with Crippen LogP contribution in [0.3, 0.4) is 0 Å². The minimum Gasteiger partial charge on any atom is -0.481 e. The Labute approximate surface area is 204 Å². The zero-order valence-electron chi connectivity index (χ0n) is 20.0. The van der Waals surface area contributed by atoms with Crippen LogP contribution in [0.15, 0.2) is 24.3 Å². The topological polar surface area (TPSA) is 132 Å². The van der Waals surface area contributed by atoms with Gasteiger partial charge in [0.2, 0.25) is 11.8 Å². The molecule has 5 rings (SSSR count). The standard InChI is InChI=1S/C25H30N8O2/c1-15-11-22(32-31-15)29-21-14-20-19(8-9-23(28-20)35-2)25(30-21)27-16-12-17-5-3-6-18(13-16)33(17)24(34)7-4-10-26/h8-9,11,14,16-18H,3-7,12-13H2,1-2H3,(H3,27,29,30,31,32)/t16?,17-,18+. The lowest BCUT2D eigenvalue weighted by atomic mass is 9.81. The summed E-state index contributed by atoms with van der Waals surface area (Å²) >= 11 is 0. The van der Waals surface area contributed by atoms with Crippen LogP contribution < -0.4 is 15.4 Å². The summed E-state index contributed by atoms with van der Waals surface area (Å²) < 4.78 is 5.34. The number of aromatic amines is 1. The molecule has 5 heterocycles. The number of hydrogen-bond acceptors (Lipinski definition) is 8. The molecule has 182 valence electrons. The van der Waals surface area contributed by atoms with Crippen LogP contribution >= 0.6 is 0 Å². The summed E-state index contributed by atoms with van der Waals surface area (Å²) in [4.78, 5) is 24.4. The number of aromatic nitrogens is 4. The zero-order valence-corrected chi connectivity index (χ0v) is 20.0. The van der Waals surface area contributed by atoms with E-state index in [0.717, 1.165) is 54.5 Å². The minimum atomic E-state index is 0.111. The molecule has 2 bridgehead atoms. The van der Waals surface area contributed by atoms with Crippen molar-refractivity contribution in [3.8, 4) is 11.9 Å². The maximum atomic E-state index is 12.8. The molecule has 3 aromatic heterocycles. The van der Waals surface area contributed by atoms with E-state index >= 15 is 0 Å². The molecule has 0 radical (unpaired) electrons. The molecule has 0 saturated carbocycles. The number of fused-ring (bicyclic) bond motifs is 3. The molecule has 2 saturated heterocycles. The number of nitriles is 1. The number of hydrogen-bond donors (Lipinski definition) is 3. The lowest BCUT2D eigenvalue weighted by Crippen LogP contribution is -2.57. The van der Waals surface area contributed by atoms with Crippen molar-refractivity contribution in [1.29, 1.82) is 5.26 Å². The van der Waals surface area contributed by atoms with Crippen molar-refractivity contribution in [1.82, 2.24) is 25.1 Å². The first kappa shape index (κ1) is 22.9. The first-order valence-corrected chi connectivity index (χ1v) is 12.1. The predicted molar refractivity (Wildman–Crippen MR) is 132 cm³/mol. The molecule has 2 aliphatic heterocycles. The average molecular weight is 475 g/mol. The second kappa shape index (κ2) is 9.78. The first-order valence-electron chi connectivity index (χ1n) is 12.1. The monoisotopic (exact) mass is 474 g/mol. The van der Waals surface area contributed by atoms with Gasteiger partial charge in [0, 0.05) is 60.2 Å². The summed E-state index contributed by atoms with van der Waals surface area (Å²) in [6, 6.07) is 10.3. The predicted octanol–water partition coefficient (Wildman–Crippen LogP) is 4.04. The lowest BCUT2D eigenvalue weighted by molar-refractivity contribution is -0.140. The molecule has 1 unspecified atom stereocenters. The number of amides is 1. The van der Waals surface area contributed by atoms with Gasteiger partial charge in [-0.25, -0.2) is 9.97 Å². The van der Waals surface area contributed by atoms with Crippen molar-refractivity contribution in [3.05, 3.63) is 30.0 Å². The van der Waals surface area contributed by atoms with Crippen LogP contribution in [0.5, 0.6) is 5.88 Å². The SMILES string of the molecule is COc1ccc2c(NC3C[C@H]4CCC[C@@H](C3)N4C(=O)CCC#N)nc(Nc3cc(C)[nH]n3)cc2n1. The van der Waals surface area contributed by atoms with E-state index in [0.29, 0.717) is 23.9 Å². The molecule has 2 aliphatic rings. The summed E-state index contributed by atoms with van der Waals surface area (Å²) in [5, 5.41) is 23.9. The number of anilines is 3. The summed E-state index contributed by atoms with van der Waals surface area (Å²) in [7, 11) is 1.60. The summed E-state index contributed by atoms with van der Waals surface area (Å²) in [5.74, 6) is 2.72. The van der Waals surface area contributed by atoms with Crippen molar-refractivity contribution >= 4 is 34.3 Å². The van der Waals surface area contributed by atoms with Gasteiger partial charge in [0.25, 0.3) is 0 Å². The molecular weight excluding hydrogens is 444 g/mol. The molecule has 3 atom stereocenters. The molecule has 0 spiro atoms. The van der Waals surface area contributed by atoms with E-state index in [4.69, 9.17) is 15.0 Å². The quantitative estimate of drug-likeness (QED) is 0.467. The molecule has 10 nitrogen and oxygen atoms in total. The Morgan fingerprint density at radius 3 is 2.71 bits per heavy atom. The second-order valence-corrected chi connectivity index (χ2v) is 9.35. The Morgan fingerprint density at radius 1 is 1.23 bits per heavy atom.